The third kappa shape index (κ3) is 3.14. The Bertz CT molecular complexity index is 1110. The van der Waals surface area contributed by atoms with Crippen LogP contribution < -0.4 is 15.4 Å². The molecule has 0 aliphatic heterocycles. The molecule has 2 aromatic carbocycles. The van der Waals surface area contributed by atoms with Crippen LogP contribution in [0.25, 0.3) is 21.8 Å². The average molecular weight is 360 g/mol. The van der Waals surface area contributed by atoms with Gasteiger partial charge in [0.15, 0.2) is 5.11 Å². The van der Waals surface area contributed by atoms with Gasteiger partial charge in [-0.3, -0.25) is 9.97 Å². The number of methoxy groups -OCH3 is 1. The standard InChI is InChI=1S/C20H16N4OS/c1-25-15-7-2-6-14(12-15)23-20(26)24-17-11-13-5-3-9-21-18(13)19-16(17)8-4-10-22-19/h2-12H,1H3,(H2,23,24,26). The molecule has 4 rings (SSSR count). The van der Waals surface area contributed by atoms with E-state index in [0.717, 1.165) is 38.9 Å². The first-order chi connectivity index (χ1) is 12.7. The van der Waals surface area contributed by atoms with Gasteiger partial charge in [0.1, 0.15) is 5.75 Å². The molecule has 0 aliphatic rings. The van der Waals surface area contributed by atoms with Crippen LogP contribution in [0.15, 0.2) is 67.0 Å². The zero-order chi connectivity index (χ0) is 17.9. The van der Waals surface area contributed by atoms with Crippen LogP contribution >= 0.6 is 12.2 Å². The second-order valence-electron chi connectivity index (χ2n) is 5.71. The lowest BCUT2D eigenvalue weighted by Gasteiger charge is -2.14. The van der Waals surface area contributed by atoms with Crippen LogP contribution in [-0.4, -0.2) is 22.2 Å². The van der Waals surface area contributed by atoms with Crippen molar-refractivity contribution in [2.24, 2.45) is 0 Å². The van der Waals surface area contributed by atoms with Gasteiger partial charge in [-0.05, 0) is 48.6 Å². The fraction of sp³-hybridized carbons (Fsp3) is 0.0500. The number of fused-ring (bicyclic) bond motifs is 3. The molecule has 5 nitrogen and oxygen atoms in total. The highest BCUT2D eigenvalue weighted by atomic mass is 32.1. The number of benzene rings is 2. The number of hydrogen-bond acceptors (Lipinski definition) is 4. The number of rotatable bonds is 3. The lowest BCUT2D eigenvalue weighted by molar-refractivity contribution is 0.415. The molecule has 4 aromatic rings. The van der Waals surface area contributed by atoms with Crippen LogP contribution in [0.3, 0.4) is 0 Å². The van der Waals surface area contributed by atoms with Crippen molar-refractivity contribution in [1.82, 2.24) is 9.97 Å². The maximum Gasteiger partial charge on any atom is 0.175 e. The van der Waals surface area contributed by atoms with Crippen LogP contribution in [-0.2, 0) is 0 Å². The van der Waals surface area contributed by atoms with Gasteiger partial charge in [0.05, 0.1) is 23.8 Å². The minimum atomic E-state index is 0.492. The predicted octanol–water partition coefficient (Wildman–Crippen LogP) is 4.60. The molecule has 0 saturated heterocycles. The number of hydrogen-bond donors (Lipinski definition) is 2. The van der Waals surface area contributed by atoms with E-state index in [4.69, 9.17) is 17.0 Å². The first kappa shape index (κ1) is 16.2. The fourth-order valence-electron chi connectivity index (χ4n) is 2.87. The van der Waals surface area contributed by atoms with Crippen molar-refractivity contribution in [3.05, 3.63) is 67.0 Å². The minimum Gasteiger partial charge on any atom is -0.497 e. The number of aromatic nitrogens is 2. The zero-order valence-corrected chi connectivity index (χ0v) is 14.9. The highest BCUT2D eigenvalue weighted by molar-refractivity contribution is 7.80. The summed E-state index contributed by atoms with van der Waals surface area (Å²) in [4.78, 5) is 8.97. The lowest BCUT2D eigenvalue weighted by Crippen LogP contribution is -2.19. The summed E-state index contributed by atoms with van der Waals surface area (Å²) in [5, 5.41) is 8.92. The number of anilines is 2. The second kappa shape index (κ2) is 6.93. The van der Waals surface area contributed by atoms with E-state index < -0.39 is 0 Å². The Kier molecular flexibility index (Phi) is 4.33. The molecule has 2 aromatic heterocycles. The molecular formula is C20H16N4OS. The van der Waals surface area contributed by atoms with E-state index in [0.29, 0.717) is 5.11 Å². The Morgan fingerprint density at radius 2 is 1.73 bits per heavy atom. The summed E-state index contributed by atoms with van der Waals surface area (Å²) < 4.78 is 5.24. The van der Waals surface area contributed by atoms with E-state index in [2.05, 4.69) is 20.6 Å². The van der Waals surface area contributed by atoms with E-state index in [1.54, 1.807) is 19.5 Å². The van der Waals surface area contributed by atoms with Crippen molar-refractivity contribution in [3.63, 3.8) is 0 Å². The van der Waals surface area contributed by atoms with Crippen molar-refractivity contribution in [1.29, 1.82) is 0 Å². The van der Waals surface area contributed by atoms with Crippen molar-refractivity contribution in [2.45, 2.75) is 0 Å². The summed E-state index contributed by atoms with van der Waals surface area (Å²) in [6, 6.07) is 17.5. The van der Waals surface area contributed by atoms with Crippen molar-refractivity contribution in [2.75, 3.05) is 17.7 Å². The maximum absolute atomic E-state index is 5.48. The largest absolute Gasteiger partial charge is 0.497 e. The van der Waals surface area contributed by atoms with Gasteiger partial charge in [0.25, 0.3) is 0 Å². The van der Waals surface area contributed by atoms with Gasteiger partial charge in [-0.25, -0.2) is 0 Å². The Hall–Kier alpha value is -3.25. The molecule has 2 N–H and O–H groups in total. The second-order valence-corrected chi connectivity index (χ2v) is 6.12. The van der Waals surface area contributed by atoms with Crippen LogP contribution in [0.1, 0.15) is 0 Å². The summed E-state index contributed by atoms with van der Waals surface area (Å²) in [6.07, 6.45) is 3.55. The van der Waals surface area contributed by atoms with Crippen molar-refractivity contribution < 1.29 is 4.74 Å². The predicted molar refractivity (Wildman–Crippen MR) is 110 cm³/mol. The lowest BCUT2D eigenvalue weighted by atomic mass is 10.1. The Morgan fingerprint density at radius 1 is 0.923 bits per heavy atom. The quantitative estimate of drug-likeness (QED) is 0.411. The Morgan fingerprint density at radius 3 is 2.58 bits per heavy atom. The van der Waals surface area contributed by atoms with Gasteiger partial charge in [0.2, 0.25) is 0 Å². The first-order valence-electron chi connectivity index (χ1n) is 8.09. The zero-order valence-electron chi connectivity index (χ0n) is 14.1. The number of thiocarbonyl (C=S) groups is 1. The van der Waals surface area contributed by atoms with Crippen molar-refractivity contribution >= 4 is 50.5 Å². The summed E-state index contributed by atoms with van der Waals surface area (Å²) in [7, 11) is 1.64. The molecule has 0 spiro atoms. The van der Waals surface area contributed by atoms with Gasteiger partial charge in [-0.2, -0.15) is 0 Å². The van der Waals surface area contributed by atoms with E-state index in [-0.39, 0.29) is 0 Å². The number of ether oxygens (including phenoxy) is 1. The van der Waals surface area contributed by atoms with Gasteiger partial charge in [0, 0.05) is 34.9 Å². The summed E-state index contributed by atoms with van der Waals surface area (Å²) in [5.74, 6) is 0.768. The van der Waals surface area contributed by atoms with Gasteiger partial charge < -0.3 is 15.4 Å². The average Bonchev–Trinajstić information content (AvgIpc) is 2.68. The molecule has 128 valence electrons. The summed E-state index contributed by atoms with van der Waals surface area (Å²) in [5.41, 5.74) is 3.46. The smallest absolute Gasteiger partial charge is 0.175 e. The van der Waals surface area contributed by atoms with E-state index in [1.807, 2.05) is 54.6 Å². The SMILES string of the molecule is COc1cccc(NC(=S)Nc2cc3cccnc3c3ncccc23)c1. The monoisotopic (exact) mass is 360 g/mol. The number of pyridine rings is 2. The molecule has 0 aliphatic carbocycles. The number of nitrogens with one attached hydrogen (secondary N) is 2. The maximum atomic E-state index is 5.48. The Balaban J connectivity index is 1.68. The molecule has 0 atom stereocenters. The van der Waals surface area contributed by atoms with Crippen LogP contribution in [0.4, 0.5) is 11.4 Å². The number of nitrogens with zero attached hydrogens (tertiary/aromatic N) is 2. The molecule has 2 heterocycles. The van der Waals surface area contributed by atoms with Crippen LogP contribution in [0.2, 0.25) is 0 Å². The molecular weight excluding hydrogens is 344 g/mol. The highest BCUT2D eigenvalue weighted by Gasteiger charge is 2.09. The third-order valence-electron chi connectivity index (χ3n) is 4.04. The molecule has 0 amide bonds. The molecule has 0 bridgehead atoms. The molecule has 0 radical (unpaired) electrons. The first-order valence-corrected chi connectivity index (χ1v) is 8.50. The molecule has 6 heteroatoms. The Labute approximate surface area is 156 Å². The van der Waals surface area contributed by atoms with Crippen LogP contribution in [0.5, 0.6) is 5.75 Å². The fourth-order valence-corrected chi connectivity index (χ4v) is 3.09. The minimum absolute atomic E-state index is 0.492. The van der Waals surface area contributed by atoms with Gasteiger partial charge >= 0.3 is 0 Å². The van der Waals surface area contributed by atoms with E-state index in [9.17, 15) is 0 Å². The van der Waals surface area contributed by atoms with Crippen molar-refractivity contribution in [3.8, 4) is 5.75 Å². The van der Waals surface area contributed by atoms with Gasteiger partial charge in [-0.1, -0.05) is 12.1 Å². The molecule has 0 unspecified atom stereocenters. The summed E-state index contributed by atoms with van der Waals surface area (Å²) >= 11 is 5.48. The molecule has 0 fully saturated rings. The third-order valence-corrected chi connectivity index (χ3v) is 4.24. The van der Waals surface area contributed by atoms with E-state index >= 15 is 0 Å². The molecule has 26 heavy (non-hydrogen) atoms. The van der Waals surface area contributed by atoms with E-state index in [1.165, 1.54) is 0 Å². The topological polar surface area (TPSA) is 59.1 Å². The highest BCUT2D eigenvalue weighted by Crippen LogP contribution is 2.29. The molecule has 0 saturated carbocycles. The van der Waals surface area contributed by atoms with Crippen LogP contribution in [0, 0.1) is 0 Å². The normalized spacial score (nSPS) is 10.7. The summed E-state index contributed by atoms with van der Waals surface area (Å²) in [6.45, 7) is 0. The van der Waals surface area contributed by atoms with Gasteiger partial charge in [-0.15, -0.1) is 0 Å².